The zero-order valence-corrected chi connectivity index (χ0v) is 24.0. The lowest BCUT2D eigenvalue weighted by atomic mass is 9.86. The minimum atomic E-state index is 0.144. The Morgan fingerprint density at radius 1 is 0.821 bits per heavy atom. The highest BCUT2D eigenvalue weighted by molar-refractivity contribution is 6.13. The van der Waals surface area contributed by atoms with E-state index in [0.717, 1.165) is 80.1 Å². The van der Waals surface area contributed by atoms with Gasteiger partial charge in [0.25, 0.3) is 0 Å². The van der Waals surface area contributed by atoms with Gasteiger partial charge in [0, 0.05) is 24.2 Å². The molecule has 0 N–H and O–H groups in total. The first-order valence-corrected chi connectivity index (χ1v) is 14.6. The molecule has 3 aromatic rings. The summed E-state index contributed by atoms with van der Waals surface area (Å²) in [4.78, 5) is 18.0. The molecule has 0 heterocycles. The standard InChI is InChI=1S/C35H44N2O2/c1-4-37(5-2)22-10-7-11-23-39-33-20-21-34-31(25-33)18-19-32(35(34)38)24-28-14-16-30(17-15-28)27-36(3)26-29-12-8-6-9-13-29/h6,8-9,12-17,20-21,24-25H,4-5,7,10-11,18-19,22-23,26-27H2,1-3H3. The maximum Gasteiger partial charge on any atom is 0.189 e. The van der Waals surface area contributed by atoms with Crippen molar-refractivity contribution in [2.24, 2.45) is 0 Å². The number of nitrogens with zero attached hydrogens (tertiary/aromatic N) is 2. The largest absolute Gasteiger partial charge is 0.494 e. The van der Waals surface area contributed by atoms with E-state index < -0.39 is 0 Å². The van der Waals surface area contributed by atoms with Crippen LogP contribution in [0.1, 0.15) is 72.1 Å². The van der Waals surface area contributed by atoms with Crippen LogP contribution in [-0.4, -0.2) is 48.9 Å². The molecule has 0 saturated heterocycles. The first-order valence-electron chi connectivity index (χ1n) is 14.6. The van der Waals surface area contributed by atoms with Crippen LogP contribution in [0, 0.1) is 0 Å². The fraction of sp³-hybridized carbons (Fsp3) is 0.400. The Labute approximate surface area is 235 Å². The number of Topliss-reactive ketones (excluding diaryl/α,β-unsaturated/α-hetero) is 1. The summed E-state index contributed by atoms with van der Waals surface area (Å²) >= 11 is 0. The lowest BCUT2D eigenvalue weighted by Crippen LogP contribution is -2.23. The highest BCUT2D eigenvalue weighted by atomic mass is 16.5. The molecule has 4 nitrogen and oxygen atoms in total. The highest BCUT2D eigenvalue weighted by Crippen LogP contribution is 2.29. The molecule has 3 aromatic carbocycles. The van der Waals surface area contributed by atoms with Crippen LogP contribution in [0.5, 0.6) is 5.75 Å². The van der Waals surface area contributed by atoms with Crippen LogP contribution in [0.2, 0.25) is 0 Å². The number of benzene rings is 3. The number of carbonyl (C=O) groups is 1. The van der Waals surface area contributed by atoms with E-state index in [4.69, 9.17) is 4.74 Å². The van der Waals surface area contributed by atoms with Crippen LogP contribution in [0.25, 0.3) is 6.08 Å². The third-order valence-electron chi connectivity index (χ3n) is 7.63. The van der Waals surface area contributed by atoms with Crippen molar-refractivity contribution in [3.63, 3.8) is 0 Å². The summed E-state index contributed by atoms with van der Waals surface area (Å²) in [7, 11) is 2.14. The van der Waals surface area contributed by atoms with Crippen molar-refractivity contribution in [2.75, 3.05) is 33.3 Å². The van der Waals surface area contributed by atoms with Crippen molar-refractivity contribution in [1.29, 1.82) is 0 Å². The number of hydrogen-bond acceptors (Lipinski definition) is 4. The number of carbonyl (C=O) groups excluding carboxylic acids is 1. The Hall–Kier alpha value is -3.21. The van der Waals surface area contributed by atoms with Crippen LogP contribution in [0.15, 0.2) is 78.4 Å². The third-order valence-corrected chi connectivity index (χ3v) is 7.63. The average Bonchev–Trinajstić information content (AvgIpc) is 2.95. The molecule has 206 valence electrons. The summed E-state index contributed by atoms with van der Waals surface area (Å²) in [6, 6.07) is 25.1. The van der Waals surface area contributed by atoms with Gasteiger partial charge in [-0.05, 0) is 105 Å². The van der Waals surface area contributed by atoms with Crippen molar-refractivity contribution >= 4 is 11.9 Å². The first-order chi connectivity index (χ1) is 19.1. The monoisotopic (exact) mass is 524 g/mol. The fourth-order valence-electron chi connectivity index (χ4n) is 5.31. The molecule has 0 aromatic heterocycles. The summed E-state index contributed by atoms with van der Waals surface area (Å²) in [5.41, 5.74) is 6.48. The van der Waals surface area contributed by atoms with Gasteiger partial charge in [-0.25, -0.2) is 0 Å². The van der Waals surface area contributed by atoms with Gasteiger partial charge in [0.15, 0.2) is 5.78 Å². The van der Waals surface area contributed by atoms with Crippen LogP contribution >= 0.6 is 0 Å². The van der Waals surface area contributed by atoms with Crippen LogP contribution in [0.4, 0.5) is 0 Å². The minimum absolute atomic E-state index is 0.144. The molecular formula is C35H44N2O2. The van der Waals surface area contributed by atoms with E-state index >= 15 is 0 Å². The molecule has 0 bridgehead atoms. The molecule has 1 aliphatic carbocycles. The van der Waals surface area contributed by atoms with Gasteiger partial charge < -0.3 is 9.64 Å². The van der Waals surface area contributed by atoms with Gasteiger partial charge in [-0.2, -0.15) is 0 Å². The van der Waals surface area contributed by atoms with E-state index in [-0.39, 0.29) is 5.78 Å². The maximum absolute atomic E-state index is 13.2. The van der Waals surface area contributed by atoms with Crippen LogP contribution in [-0.2, 0) is 19.5 Å². The number of aryl methyl sites for hydroxylation is 1. The first kappa shape index (κ1) is 28.8. The predicted molar refractivity (Wildman–Crippen MR) is 162 cm³/mol. The zero-order valence-electron chi connectivity index (χ0n) is 24.0. The molecule has 0 unspecified atom stereocenters. The minimum Gasteiger partial charge on any atom is -0.494 e. The van der Waals surface area contributed by atoms with Crippen molar-refractivity contribution < 1.29 is 9.53 Å². The van der Waals surface area contributed by atoms with Gasteiger partial charge in [0.05, 0.1) is 6.61 Å². The number of ether oxygens (including phenoxy) is 1. The van der Waals surface area contributed by atoms with E-state index in [9.17, 15) is 4.79 Å². The Bertz CT molecular complexity index is 1210. The van der Waals surface area contributed by atoms with Gasteiger partial charge >= 0.3 is 0 Å². The average molecular weight is 525 g/mol. The van der Waals surface area contributed by atoms with Crippen molar-refractivity contribution in [1.82, 2.24) is 9.80 Å². The second kappa shape index (κ2) is 14.8. The molecule has 0 saturated carbocycles. The third kappa shape index (κ3) is 8.64. The van der Waals surface area contributed by atoms with E-state index in [1.807, 2.05) is 12.1 Å². The van der Waals surface area contributed by atoms with Crippen LogP contribution < -0.4 is 4.74 Å². The number of fused-ring (bicyclic) bond motifs is 1. The SMILES string of the molecule is CCN(CC)CCCCCOc1ccc2c(c1)CCC(=Cc1ccc(CN(C)Cc3ccccc3)cc1)C2=O. The second-order valence-electron chi connectivity index (χ2n) is 10.7. The highest BCUT2D eigenvalue weighted by Gasteiger charge is 2.22. The van der Waals surface area contributed by atoms with Gasteiger partial charge in [-0.3, -0.25) is 9.69 Å². The Morgan fingerprint density at radius 2 is 1.54 bits per heavy atom. The molecule has 0 radical (unpaired) electrons. The Morgan fingerprint density at radius 3 is 2.26 bits per heavy atom. The van der Waals surface area contributed by atoms with Crippen LogP contribution in [0.3, 0.4) is 0 Å². The molecule has 0 spiro atoms. The van der Waals surface area contributed by atoms with Crippen molar-refractivity contribution in [2.45, 2.75) is 59.0 Å². The Balaban J connectivity index is 1.27. The summed E-state index contributed by atoms with van der Waals surface area (Å²) in [6.45, 7) is 10.4. The number of allylic oxidation sites excluding steroid dienone is 1. The maximum atomic E-state index is 13.2. The smallest absolute Gasteiger partial charge is 0.189 e. The molecule has 0 aliphatic heterocycles. The van der Waals surface area contributed by atoms with Gasteiger partial charge in [0.1, 0.15) is 5.75 Å². The molecule has 1 aliphatic rings. The van der Waals surface area contributed by atoms with Crippen molar-refractivity contribution in [3.05, 3.63) is 106 Å². The number of unbranched alkanes of at least 4 members (excludes halogenated alkanes) is 2. The molecule has 39 heavy (non-hydrogen) atoms. The topological polar surface area (TPSA) is 32.8 Å². The molecular weight excluding hydrogens is 480 g/mol. The normalized spacial score (nSPS) is 14.3. The zero-order chi connectivity index (χ0) is 27.5. The molecule has 4 rings (SSSR count). The summed E-state index contributed by atoms with van der Waals surface area (Å²) in [5.74, 6) is 1.02. The van der Waals surface area contributed by atoms with Gasteiger partial charge in [-0.15, -0.1) is 0 Å². The molecule has 0 fully saturated rings. The summed E-state index contributed by atoms with van der Waals surface area (Å²) < 4.78 is 6.02. The summed E-state index contributed by atoms with van der Waals surface area (Å²) in [6.07, 6.45) is 7.16. The molecule has 0 atom stereocenters. The molecule has 4 heteroatoms. The lowest BCUT2D eigenvalue weighted by Gasteiger charge is -2.19. The van der Waals surface area contributed by atoms with E-state index in [1.165, 1.54) is 30.5 Å². The number of ketones is 1. The van der Waals surface area contributed by atoms with Gasteiger partial charge in [0.2, 0.25) is 0 Å². The second-order valence-corrected chi connectivity index (χ2v) is 10.7. The van der Waals surface area contributed by atoms with E-state index in [0.29, 0.717) is 0 Å². The number of hydrogen-bond donors (Lipinski definition) is 0. The molecule has 0 amide bonds. The number of rotatable bonds is 14. The van der Waals surface area contributed by atoms with E-state index in [1.54, 1.807) is 0 Å². The van der Waals surface area contributed by atoms with Crippen molar-refractivity contribution in [3.8, 4) is 5.75 Å². The van der Waals surface area contributed by atoms with E-state index in [2.05, 4.69) is 97.4 Å². The Kier molecular flexibility index (Phi) is 10.9. The fourth-order valence-corrected chi connectivity index (χ4v) is 5.31. The predicted octanol–water partition coefficient (Wildman–Crippen LogP) is 7.42. The summed E-state index contributed by atoms with van der Waals surface area (Å²) in [5, 5.41) is 0. The van der Waals surface area contributed by atoms with Gasteiger partial charge in [-0.1, -0.05) is 68.4 Å². The lowest BCUT2D eigenvalue weighted by molar-refractivity contribution is 0.102. The quantitative estimate of drug-likeness (QED) is 0.162.